The first-order chi connectivity index (χ1) is 4.88. The fourth-order valence-corrected chi connectivity index (χ4v) is 2.02. The van der Waals surface area contributed by atoms with E-state index in [1.165, 1.54) is 0 Å². The van der Waals surface area contributed by atoms with Crippen LogP contribution in [0.25, 0.3) is 0 Å². The van der Waals surface area contributed by atoms with Gasteiger partial charge in [-0.2, -0.15) is 0 Å². The summed E-state index contributed by atoms with van der Waals surface area (Å²) in [5, 5.41) is 0. The van der Waals surface area contributed by atoms with Crippen LogP contribution in [-0.2, 0) is 11.0 Å². The molecule has 1 N–H and O–H groups in total. The molecule has 10 heavy (non-hydrogen) atoms. The smallest absolute Gasteiger partial charge is 0.150 e. The Hall–Kier alpha value is -0.830. The molecule has 0 saturated carbocycles. The Bertz CT molecular complexity index is 275. The zero-order valence-electron chi connectivity index (χ0n) is 5.33. The molecule has 2 aliphatic rings. The van der Waals surface area contributed by atoms with Crippen LogP contribution in [0.5, 0.6) is 0 Å². The summed E-state index contributed by atoms with van der Waals surface area (Å²) in [6.07, 6.45) is 8.62. The molecule has 2 rings (SSSR count). The Morgan fingerprint density at radius 1 is 1.60 bits per heavy atom. The highest BCUT2D eigenvalue weighted by molar-refractivity contribution is 7.87. The van der Waals surface area contributed by atoms with Gasteiger partial charge in [0, 0.05) is 6.20 Å². The fraction of sp³-hybridized carbons (Fsp3) is 0.143. The molecule has 1 aliphatic heterocycles. The highest BCUT2D eigenvalue weighted by atomic mass is 32.2. The van der Waals surface area contributed by atoms with Crippen LogP contribution in [0.2, 0.25) is 0 Å². The summed E-state index contributed by atoms with van der Waals surface area (Å²) in [6, 6.07) is 0. The summed E-state index contributed by atoms with van der Waals surface area (Å²) in [6.45, 7) is 0. The number of fused-ring (bicyclic) bond motifs is 1. The Balaban J connectivity index is 2.46. The molecule has 0 spiro atoms. The Morgan fingerprint density at radius 2 is 2.50 bits per heavy atom. The maximum atomic E-state index is 11.1. The van der Waals surface area contributed by atoms with Crippen LogP contribution in [0.1, 0.15) is 6.42 Å². The fourth-order valence-electron chi connectivity index (χ4n) is 1.06. The maximum absolute atomic E-state index is 11.1. The molecule has 1 aliphatic carbocycles. The molecule has 0 saturated heterocycles. The number of hydrogen-bond donors (Lipinski definition) is 1. The van der Waals surface area contributed by atoms with Crippen molar-refractivity contribution in [1.29, 1.82) is 0 Å². The summed E-state index contributed by atoms with van der Waals surface area (Å²) in [7, 11) is -0.972. The molecule has 1 unspecified atom stereocenters. The van der Waals surface area contributed by atoms with E-state index in [0.717, 1.165) is 16.9 Å². The topological polar surface area (TPSA) is 29.1 Å². The average Bonchev–Trinajstić information content (AvgIpc) is 2.34. The monoisotopic (exact) mass is 153 g/mol. The molecule has 2 nitrogen and oxygen atoms in total. The van der Waals surface area contributed by atoms with Crippen molar-refractivity contribution in [3.8, 4) is 0 Å². The molecule has 3 heteroatoms. The van der Waals surface area contributed by atoms with E-state index in [0.29, 0.717) is 0 Å². The van der Waals surface area contributed by atoms with Gasteiger partial charge in [0.05, 0.1) is 4.91 Å². The molecule has 1 heterocycles. The Morgan fingerprint density at radius 3 is 3.30 bits per heavy atom. The largest absolute Gasteiger partial charge is 0.308 e. The molecule has 0 fully saturated rings. The van der Waals surface area contributed by atoms with Gasteiger partial charge >= 0.3 is 0 Å². The van der Waals surface area contributed by atoms with E-state index in [1.54, 1.807) is 0 Å². The molecule has 0 bridgehead atoms. The predicted molar refractivity (Wildman–Crippen MR) is 41.2 cm³/mol. The molecule has 0 radical (unpaired) electrons. The third kappa shape index (κ3) is 0.743. The highest BCUT2D eigenvalue weighted by Gasteiger charge is 2.18. The highest BCUT2D eigenvalue weighted by Crippen LogP contribution is 2.24. The molecule has 0 aromatic heterocycles. The SMILES string of the molecule is O=S1NC=C2CC=CC=C21. The van der Waals surface area contributed by atoms with Crippen LogP contribution in [0, 0.1) is 0 Å². The van der Waals surface area contributed by atoms with E-state index < -0.39 is 11.0 Å². The number of rotatable bonds is 0. The lowest BCUT2D eigenvalue weighted by molar-refractivity contribution is 0.685. The van der Waals surface area contributed by atoms with Gasteiger partial charge in [0.25, 0.3) is 0 Å². The first-order valence-electron chi connectivity index (χ1n) is 3.12. The van der Waals surface area contributed by atoms with Gasteiger partial charge in [-0.05, 0) is 18.1 Å². The van der Waals surface area contributed by atoms with Crippen LogP contribution in [-0.4, -0.2) is 4.21 Å². The van der Waals surface area contributed by atoms with Gasteiger partial charge in [-0.1, -0.05) is 12.2 Å². The summed E-state index contributed by atoms with van der Waals surface area (Å²) < 4.78 is 13.8. The van der Waals surface area contributed by atoms with Gasteiger partial charge in [-0.25, -0.2) is 4.21 Å². The lowest BCUT2D eigenvalue weighted by Gasteiger charge is -2.01. The summed E-state index contributed by atoms with van der Waals surface area (Å²) >= 11 is 0. The van der Waals surface area contributed by atoms with Crippen molar-refractivity contribution < 1.29 is 4.21 Å². The number of hydrogen-bond acceptors (Lipinski definition) is 1. The maximum Gasteiger partial charge on any atom is 0.150 e. The first-order valence-corrected chi connectivity index (χ1v) is 4.27. The van der Waals surface area contributed by atoms with Crippen LogP contribution in [0.3, 0.4) is 0 Å². The summed E-state index contributed by atoms with van der Waals surface area (Å²) in [5.74, 6) is 0. The van der Waals surface area contributed by atoms with Gasteiger partial charge in [-0.3, -0.25) is 0 Å². The standard InChI is InChI=1S/C7H7NOS/c9-10-7-4-2-1-3-6(7)5-8-10/h1-2,4-5,8H,3H2. The predicted octanol–water partition coefficient (Wildman–Crippen LogP) is 0.981. The molecule has 1 atom stereocenters. The van der Waals surface area contributed by atoms with Crippen LogP contribution in [0.4, 0.5) is 0 Å². The normalized spacial score (nSPS) is 28.6. The van der Waals surface area contributed by atoms with E-state index in [2.05, 4.69) is 10.8 Å². The minimum atomic E-state index is -0.972. The second-order valence-corrected chi connectivity index (χ2v) is 3.43. The second-order valence-electron chi connectivity index (χ2n) is 2.22. The van der Waals surface area contributed by atoms with Crippen molar-refractivity contribution in [3.05, 3.63) is 34.9 Å². The number of allylic oxidation sites excluding steroid dienone is 4. The minimum absolute atomic E-state index is 0.907. The van der Waals surface area contributed by atoms with Gasteiger partial charge in [0.1, 0.15) is 11.0 Å². The molecule has 0 aromatic carbocycles. The molecular formula is C7H7NOS. The second kappa shape index (κ2) is 2.09. The zero-order valence-corrected chi connectivity index (χ0v) is 6.15. The van der Waals surface area contributed by atoms with E-state index in [9.17, 15) is 4.21 Å². The van der Waals surface area contributed by atoms with Crippen LogP contribution < -0.4 is 4.72 Å². The molecule has 52 valence electrons. The molecular weight excluding hydrogens is 146 g/mol. The quantitative estimate of drug-likeness (QED) is 0.552. The lowest BCUT2D eigenvalue weighted by Crippen LogP contribution is -2.03. The Labute approximate surface area is 61.9 Å². The summed E-state index contributed by atoms with van der Waals surface area (Å²) in [5.41, 5.74) is 1.15. The molecule has 0 aromatic rings. The van der Waals surface area contributed by atoms with Crippen molar-refractivity contribution in [2.45, 2.75) is 6.42 Å². The van der Waals surface area contributed by atoms with Crippen molar-refractivity contribution in [2.75, 3.05) is 0 Å². The lowest BCUT2D eigenvalue weighted by atomic mass is 10.1. The first kappa shape index (κ1) is 5.92. The van der Waals surface area contributed by atoms with Crippen molar-refractivity contribution >= 4 is 11.0 Å². The third-order valence-corrected chi connectivity index (χ3v) is 2.71. The van der Waals surface area contributed by atoms with E-state index >= 15 is 0 Å². The van der Waals surface area contributed by atoms with E-state index in [-0.39, 0.29) is 0 Å². The minimum Gasteiger partial charge on any atom is -0.308 e. The van der Waals surface area contributed by atoms with E-state index in [1.807, 2.05) is 18.4 Å². The van der Waals surface area contributed by atoms with Crippen molar-refractivity contribution in [1.82, 2.24) is 4.72 Å². The van der Waals surface area contributed by atoms with Crippen LogP contribution in [0.15, 0.2) is 34.9 Å². The van der Waals surface area contributed by atoms with Crippen LogP contribution >= 0.6 is 0 Å². The van der Waals surface area contributed by atoms with Gasteiger partial charge in [0.15, 0.2) is 0 Å². The zero-order chi connectivity index (χ0) is 6.97. The van der Waals surface area contributed by atoms with Crippen molar-refractivity contribution in [3.63, 3.8) is 0 Å². The summed E-state index contributed by atoms with van der Waals surface area (Å²) in [4.78, 5) is 0.933. The number of nitrogens with one attached hydrogen (secondary N) is 1. The van der Waals surface area contributed by atoms with E-state index in [4.69, 9.17) is 0 Å². The van der Waals surface area contributed by atoms with Crippen molar-refractivity contribution in [2.24, 2.45) is 0 Å². The third-order valence-electron chi connectivity index (χ3n) is 1.58. The molecule has 0 amide bonds. The van der Waals surface area contributed by atoms with Gasteiger partial charge in [0.2, 0.25) is 0 Å². The van der Waals surface area contributed by atoms with Gasteiger partial charge in [-0.15, -0.1) is 0 Å². The average molecular weight is 153 g/mol. The Kier molecular flexibility index (Phi) is 1.24. The van der Waals surface area contributed by atoms with Gasteiger partial charge < -0.3 is 4.72 Å².